The van der Waals surface area contributed by atoms with Crippen molar-refractivity contribution in [2.24, 2.45) is 0 Å². The maximum atomic E-state index is 12.9. The predicted molar refractivity (Wildman–Crippen MR) is 66.7 cm³/mol. The van der Waals surface area contributed by atoms with E-state index in [0.717, 1.165) is 6.08 Å². The van der Waals surface area contributed by atoms with Crippen LogP contribution in [0.5, 0.6) is 5.75 Å². The van der Waals surface area contributed by atoms with Gasteiger partial charge < -0.3 is 14.6 Å². The van der Waals surface area contributed by atoms with Crippen LogP contribution in [0.2, 0.25) is 5.02 Å². The summed E-state index contributed by atoms with van der Waals surface area (Å²) in [7, 11) is 0. The molecule has 0 radical (unpaired) electrons. The van der Waals surface area contributed by atoms with Gasteiger partial charge in [0.2, 0.25) is 0 Å². The van der Waals surface area contributed by atoms with E-state index in [4.69, 9.17) is 21.4 Å². The summed E-state index contributed by atoms with van der Waals surface area (Å²) < 4.78 is 48.0. The van der Waals surface area contributed by atoms with E-state index in [9.17, 15) is 18.0 Å². The van der Waals surface area contributed by atoms with Gasteiger partial charge >= 0.3 is 12.3 Å². The van der Waals surface area contributed by atoms with Gasteiger partial charge in [-0.1, -0.05) is 27.5 Å². The average Bonchev–Trinajstić information content (AvgIpc) is 2.25. The van der Waals surface area contributed by atoms with Crippen LogP contribution in [0.3, 0.4) is 0 Å². The van der Waals surface area contributed by atoms with Gasteiger partial charge in [-0.3, -0.25) is 0 Å². The lowest BCUT2D eigenvalue weighted by atomic mass is 10.1. The largest absolute Gasteiger partial charge is 0.511 e. The summed E-state index contributed by atoms with van der Waals surface area (Å²) in [5.41, 5.74) is 0.182. The minimum Gasteiger partial charge on any atom is -0.471 e. The number of carbonyl (C=O) groups is 1. The van der Waals surface area contributed by atoms with Crippen molar-refractivity contribution in [3.63, 3.8) is 0 Å². The SMILES string of the molecule is O=C(O)OC1=Cc2cc(Br)cc(Cl)c2OC1C(F)(F)F. The number of halogens is 5. The summed E-state index contributed by atoms with van der Waals surface area (Å²) >= 11 is 8.93. The summed E-state index contributed by atoms with van der Waals surface area (Å²) in [4.78, 5) is 10.5. The third-order valence-corrected chi connectivity index (χ3v) is 3.07. The molecule has 1 heterocycles. The lowest BCUT2D eigenvalue weighted by Gasteiger charge is -2.28. The summed E-state index contributed by atoms with van der Waals surface area (Å²) in [5.74, 6) is -1.05. The number of fused-ring (bicyclic) bond motifs is 1. The molecule has 1 atom stereocenters. The van der Waals surface area contributed by atoms with Crippen LogP contribution in [0.1, 0.15) is 5.56 Å². The third kappa shape index (κ3) is 3.01. The highest BCUT2D eigenvalue weighted by Gasteiger charge is 2.48. The number of hydrogen-bond donors (Lipinski definition) is 1. The summed E-state index contributed by atoms with van der Waals surface area (Å²) in [6.45, 7) is 0. The first-order valence-corrected chi connectivity index (χ1v) is 6.20. The molecule has 1 aromatic rings. The number of hydrogen-bond acceptors (Lipinski definition) is 3. The lowest BCUT2D eigenvalue weighted by Crippen LogP contribution is -2.39. The van der Waals surface area contributed by atoms with Gasteiger partial charge in [-0.05, 0) is 18.2 Å². The number of carboxylic acid groups (broad SMARTS) is 1. The summed E-state index contributed by atoms with van der Waals surface area (Å²) in [6, 6.07) is 2.80. The Hall–Kier alpha value is -1.41. The molecule has 20 heavy (non-hydrogen) atoms. The Morgan fingerprint density at radius 3 is 2.65 bits per heavy atom. The highest BCUT2D eigenvalue weighted by atomic mass is 79.9. The molecule has 0 aromatic heterocycles. The van der Waals surface area contributed by atoms with Gasteiger partial charge in [-0.2, -0.15) is 13.2 Å². The fourth-order valence-electron chi connectivity index (χ4n) is 1.63. The molecule has 1 aliphatic rings. The van der Waals surface area contributed by atoms with Gasteiger partial charge in [0, 0.05) is 10.0 Å². The third-order valence-electron chi connectivity index (χ3n) is 2.33. The van der Waals surface area contributed by atoms with E-state index >= 15 is 0 Å². The van der Waals surface area contributed by atoms with Gasteiger partial charge in [0.05, 0.1) is 5.02 Å². The molecular formula is C11H5BrClF3O4. The highest BCUT2D eigenvalue weighted by Crippen LogP contribution is 2.42. The Balaban J connectivity index is 2.53. The number of rotatable bonds is 1. The maximum absolute atomic E-state index is 12.9. The normalized spacial score (nSPS) is 17.9. The zero-order chi connectivity index (χ0) is 15.1. The monoisotopic (exact) mass is 372 g/mol. The van der Waals surface area contributed by atoms with Crippen molar-refractivity contribution in [3.05, 3.63) is 33.0 Å². The number of alkyl halides is 3. The molecule has 1 N–H and O–H groups in total. The zero-order valence-electron chi connectivity index (χ0n) is 9.37. The molecule has 0 saturated heterocycles. The molecule has 0 bridgehead atoms. The lowest BCUT2D eigenvalue weighted by molar-refractivity contribution is -0.191. The molecule has 1 aromatic carbocycles. The van der Waals surface area contributed by atoms with Crippen molar-refractivity contribution in [1.82, 2.24) is 0 Å². The second kappa shape index (κ2) is 5.17. The van der Waals surface area contributed by atoms with Crippen LogP contribution in [-0.2, 0) is 4.74 Å². The Kier molecular flexibility index (Phi) is 3.88. The quantitative estimate of drug-likeness (QED) is 0.739. The fourth-order valence-corrected chi connectivity index (χ4v) is 2.51. The summed E-state index contributed by atoms with van der Waals surface area (Å²) in [6.07, 6.45) is -8.29. The molecule has 0 fully saturated rings. The second-order valence-electron chi connectivity index (χ2n) is 3.76. The van der Waals surface area contributed by atoms with E-state index in [1.807, 2.05) is 0 Å². The molecule has 0 saturated carbocycles. The van der Waals surface area contributed by atoms with Gasteiger partial charge in [-0.15, -0.1) is 0 Å². The molecule has 2 rings (SSSR count). The van der Waals surface area contributed by atoms with E-state index in [1.165, 1.54) is 12.1 Å². The highest BCUT2D eigenvalue weighted by molar-refractivity contribution is 9.10. The van der Waals surface area contributed by atoms with Gasteiger partial charge in [0.25, 0.3) is 6.10 Å². The summed E-state index contributed by atoms with van der Waals surface area (Å²) in [5, 5.41) is 8.45. The smallest absolute Gasteiger partial charge is 0.471 e. The van der Waals surface area contributed by atoms with Crippen molar-refractivity contribution in [3.8, 4) is 5.75 Å². The molecule has 108 valence electrons. The molecule has 1 unspecified atom stereocenters. The zero-order valence-corrected chi connectivity index (χ0v) is 11.7. The second-order valence-corrected chi connectivity index (χ2v) is 5.08. The molecule has 0 spiro atoms. The van der Waals surface area contributed by atoms with Crippen LogP contribution >= 0.6 is 27.5 Å². The molecule has 0 amide bonds. The molecule has 0 aliphatic carbocycles. The van der Waals surface area contributed by atoms with Gasteiger partial charge in [0.1, 0.15) is 5.75 Å². The van der Waals surface area contributed by atoms with Crippen molar-refractivity contribution in [2.45, 2.75) is 12.3 Å². The minimum atomic E-state index is -4.84. The van der Waals surface area contributed by atoms with Crippen LogP contribution in [0.4, 0.5) is 18.0 Å². The first kappa shape index (κ1) is 15.0. The maximum Gasteiger partial charge on any atom is 0.511 e. The van der Waals surface area contributed by atoms with Crippen molar-refractivity contribution in [2.75, 3.05) is 0 Å². The van der Waals surface area contributed by atoms with Crippen LogP contribution in [0.25, 0.3) is 6.08 Å². The number of benzene rings is 1. The minimum absolute atomic E-state index is 0.0331. The van der Waals surface area contributed by atoms with E-state index < -0.39 is 24.2 Å². The van der Waals surface area contributed by atoms with E-state index in [2.05, 4.69) is 20.7 Å². The van der Waals surface area contributed by atoms with Crippen LogP contribution in [0, 0.1) is 0 Å². The molecule has 9 heteroatoms. The van der Waals surface area contributed by atoms with Crippen molar-refractivity contribution >= 4 is 39.8 Å². The topological polar surface area (TPSA) is 55.8 Å². The molecular weight excluding hydrogens is 368 g/mol. The molecule has 1 aliphatic heterocycles. The first-order valence-electron chi connectivity index (χ1n) is 5.03. The first-order chi connectivity index (χ1) is 9.18. The van der Waals surface area contributed by atoms with E-state index in [0.29, 0.717) is 4.47 Å². The Labute approximate surface area is 123 Å². The predicted octanol–water partition coefficient (Wildman–Crippen LogP) is 4.46. The Morgan fingerprint density at radius 1 is 1.45 bits per heavy atom. The standard InChI is InChI=1S/C11H5BrClF3O4/c12-5-1-4-2-7(19-10(17)18)9(11(14,15)16)20-8(4)6(13)3-5/h1-3,9H,(H,17,18). The van der Waals surface area contributed by atoms with E-state index in [-0.39, 0.29) is 16.3 Å². The fraction of sp³-hybridized carbons (Fsp3) is 0.182. The number of ether oxygens (including phenoxy) is 2. The van der Waals surface area contributed by atoms with Gasteiger partial charge in [-0.25, -0.2) is 4.79 Å². The Morgan fingerprint density at radius 2 is 2.10 bits per heavy atom. The van der Waals surface area contributed by atoms with Crippen LogP contribution in [-0.4, -0.2) is 23.5 Å². The van der Waals surface area contributed by atoms with E-state index in [1.54, 1.807) is 0 Å². The Bertz CT molecular complexity index is 600. The molecule has 4 nitrogen and oxygen atoms in total. The van der Waals surface area contributed by atoms with Crippen LogP contribution in [0.15, 0.2) is 22.4 Å². The van der Waals surface area contributed by atoms with Crippen LogP contribution < -0.4 is 4.74 Å². The van der Waals surface area contributed by atoms with Gasteiger partial charge in [0.15, 0.2) is 5.76 Å². The van der Waals surface area contributed by atoms with Crippen molar-refractivity contribution < 1.29 is 32.5 Å². The van der Waals surface area contributed by atoms with Crippen molar-refractivity contribution in [1.29, 1.82) is 0 Å². The average molecular weight is 374 g/mol.